The molecule has 4 aromatic rings. The Kier molecular flexibility index (Phi) is 6.77. The normalized spacial score (nSPS) is 11.5. The van der Waals surface area contributed by atoms with Crippen molar-refractivity contribution >= 4 is 40.2 Å². The summed E-state index contributed by atoms with van der Waals surface area (Å²) >= 11 is 7.65. The zero-order valence-corrected chi connectivity index (χ0v) is 19.6. The highest BCUT2D eigenvalue weighted by Gasteiger charge is 2.29. The lowest BCUT2D eigenvalue weighted by atomic mass is 10.1. The number of hydrogen-bond acceptors (Lipinski definition) is 3. The quantitative estimate of drug-likeness (QED) is 0.229. The average molecular weight is 465 g/mol. The van der Waals surface area contributed by atoms with E-state index in [9.17, 15) is 4.79 Å². The number of fused-ring (bicyclic) bond motifs is 1. The lowest BCUT2D eigenvalue weighted by Crippen LogP contribution is -2.47. The smallest absolute Gasteiger partial charge is 0.263 e. The van der Waals surface area contributed by atoms with Gasteiger partial charge in [-0.15, -0.1) is 11.8 Å². The zero-order chi connectivity index (χ0) is 22.6. The fourth-order valence-corrected chi connectivity index (χ4v) is 4.63. The van der Waals surface area contributed by atoms with E-state index in [4.69, 9.17) is 16.3 Å². The third kappa shape index (κ3) is 5.12. The van der Waals surface area contributed by atoms with Crippen LogP contribution in [-0.2, 0) is 4.79 Å². The number of rotatable bonds is 8. The standard InChI is InChI=1S/C26H25ClN2O2S/c1-26(2,31-20-14-12-19(27)13-15-20)25(30)28-16-17-32-24-21-10-6-7-11-22(21)29-23(24)18-8-4-3-5-9-18/h3-15,29H,16-17H2,1-2H3,(H,28,30). The molecule has 0 bridgehead atoms. The van der Waals surface area contributed by atoms with Crippen LogP contribution < -0.4 is 10.1 Å². The molecule has 6 heteroatoms. The monoisotopic (exact) mass is 464 g/mol. The molecule has 4 rings (SSSR count). The van der Waals surface area contributed by atoms with Gasteiger partial charge in [0, 0.05) is 33.1 Å². The molecule has 0 saturated carbocycles. The van der Waals surface area contributed by atoms with Crippen LogP contribution in [-0.4, -0.2) is 28.8 Å². The van der Waals surface area contributed by atoms with Gasteiger partial charge < -0.3 is 15.0 Å². The minimum absolute atomic E-state index is 0.157. The van der Waals surface area contributed by atoms with Gasteiger partial charge in [-0.05, 0) is 49.7 Å². The average Bonchev–Trinajstić information content (AvgIpc) is 3.17. The highest BCUT2D eigenvalue weighted by Crippen LogP contribution is 2.37. The minimum Gasteiger partial charge on any atom is -0.478 e. The number of aromatic amines is 1. The van der Waals surface area contributed by atoms with Gasteiger partial charge in [-0.1, -0.05) is 60.1 Å². The largest absolute Gasteiger partial charge is 0.478 e. The number of H-pyrrole nitrogens is 1. The summed E-state index contributed by atoms with van der Waals surface area (Å²) in [6.45, 7) is 4.05. The van der Waals surface area contributed by atoms with Crippen molar-refractivity contribution < 1.29 is 9.53 Å². The molecule has 1 aromatic heterocycles. The molecule has 1 amide bonds. The highest BCUT2D eigenvalue weighted by atomic mass is 35.5. The Morgan fingerprint density at radius 3 is 2.44 bits per heavy atom. The van der Waals surface area contributed by atoms with Crippen molar-refractivity contribution in [3.05, 3.63) is 83.9 Å². The molecule has 4 nitrogen and oxygen atoms in total. The third-order valence-electron chi connectivity index (χ3n) is 5.09. The summed E-state index contributed by atoms with van der Waals surface area (Å²) in [5.74, 6) is 1.19. The predicted octanol–water partition coefficient (Wildman–Crippen LogP) is 6.55. The van der Waals surface area contributed by atoms with Gasteiger partial charge in [0.05, 0.1) is 5.69 Å². The van der Waals surface area contributed by atoms with Gasteiger partial charge in [0.15, 0.2) is 5.60 Å². The van der Waals surface area contributed by atoms with E-state index in [2.05, 4.69) is 34.6 Å². The van der Waals surface area contributed by atoms with Gasteiger partial charge in [0.1, 0.15) is 5.75 Å². The van der Waals surface area contributed by atoms with Gasteiger partial charge in [0.2, 0.25) is 0 Å². The summed E-state index contributed by atoms with van der Waals surface area (Å²) in [4.78, 5) is 17.5. The van der Waals surface area contributed by atoms with Crippen LogP contribution in [0.2, 0.25) is 5.02 Å². The summed E-state index contributed by atoms with van der Waals surface area (Å²) in [6, 6.07) is 25.6. The maximum atomic E-state index is 12.7. The molecule has 1 heterocycles. The van der Waals surface area contributed by atoms with Gasteiger partial charge >= 0.3 is 0 Å². The fraction of sp³-hybridized carbons (Fsp3) is 0.192. The molecule has 0 atom stereocenters. The predicted molar refractivity (Wildman–Crippen MR) is 134 cm³/mol. The molecular weight excluding hydrogens is 440 g/mol. The SMILES string of the molecule is CC(C)(Oc1ccc(Cl)cc1)C(=O)NCCSc1c(-c2ccccc2)[nH]c2ccccc12. The number of aromatic nitrogens is 1. The highest BCUT2D eigenvalue weighted by molar-refractivity contribution is 7.99. The van der Waals surface area contributed by atoms with Crippen LogP contribution in [0.5, 0.6) is 5.75 Å². The van der Waals surface area contributed by atoms with Gasteiger partial charge in [0.25, 0.3) is 5.91 Å². The van der Waals surface area contributed by atoms with Crippen LogP contribution in [0.4, 0.5) is 0 Å². The van der Waals surface area contributed by atoms with Crippen molar-refractivity contribution in [2.45, 2.75) is 24.3 Å². The maximum Gasteiger partial charge on any atom is 0.263 e. The lowest BCUT2D eigenvalue weighted by molar-refractivity contribution is -0.134. The Labute approximate surface area is 197 Å². The van der Waals surface area contributed by atoms with Crippen molar-refractivity contribution in [1.82, 2.24) is 10.3 Å². The number of benzene rings is 3. The number of carbonyl (C=O) groups is 1. The minimum atomic E-state index is -0.992. The van der Waals surface area contributed by atoms with E-state index in [1.807, 2.05) is 30.3 Å². The first-order valence-electron chi connectivity index (χ1n) is 10.5. The molecule has 0 saturated heterocycles. The van der Waals surface area contributed by atoms with E-state index in [0.717, 1.165) is 22.5 Å². The topological polar surface area (TPSA) is 54.1 Å². The summed E-state index contributed by atoms with van der Waals surface area (Å²) in [6.07, 6.45) is 0. The summed E-state index contributed by atoms with van der Waals surface area (Å²) in [7, 11) is 0. The molecule has 2 N–H and O–H groups in total. The second kappa shape index (κ2) is 9.72. The van der Waals surface area contributed by atoms with E-state index in [-0.39, 0.29) is 5.91 Å². The van der Waals surface area contributed by atoms with Crippen molar-refractivity contribution in [3.63, 3.8) is 0 Å². The molecule has 0 unspecified atom stereocenters. The number of nitrogens with one attached hydrogen (secondary N) is 2. The summed E-state index contributed by atoms with van der Waals surface area (Å²) in [5, 5.41) is 4.82. The maximum absolute atomic E-state index is 12.7. The van der Waals surface area contributed by atoms with Gasteiger partial charge in [-0.3, -0.25) is 4.79 Å². The van der Waals surface area contributed by atoms with Crippen LogP contribution in [0.1, 0.15) is 13.8 Å². The van der Waals surface area contributed by atoms with Crippen molar-refractivity contribution in [2.75, 3.05) is 12.3 Å². The van der Waals surface area contributed by atoms with E-state index in [0.29, 0.717) is 17.3 Å². The van der Waals surface area contributed by atoms with Crippen LogP contribution in [0.25, 0.3) is 22.2 Å². The molecule has 0 aliphatic heterocycles. The van der Waals surface area contributed by atoms with Crippen molar-refractivity contribution in [1.29, 1.82) is 0 Å². The van der Waals surface area contributed by atoms with Crippen LogP contribution >= 0.6 is 23.4 Å². The Morgan fingerprint density at radius 1 is 1.00 bits per heavy atom. The number of halogens is 1. The van der Waals surface area contributed by atoms with Crippen LogP contribution in [0, 0.1) is 0 Å². The molecule has 0 aliphatic carbocycles. The molecule has 0 aliphatic rings. The number of para-hydroxylation sites is 1. The van der Waals surface area contributed by atoms with Crippen LogP contribution in [0.15, 0.2) is 83.8 Å². The molecule has 0 radical (unpaired) electrons. The first-order chi connectivity index (χ1) is 15.4. The summed E-state index contributed by atoms with van der Waals surface area (Å²) < 4.78 is 5.87. The first kappa shape index (κ1) is 22.3. The Bertz CT molecular complexity index is 1200. The number of amides is 1. The Balaban J connectivity index is 1.40. The number of hydrogen-bond donors (Lipinski definition) is 2. The molecule has 0 spiro atoms. The molecular formula is C26H25ClN2O2S. The lowest BCUT2D eigenvalue weighted by Gasteiger charge is -2.25. The summed E-state index contributed by atoms with van der Waals surface area (Å²) in [5.41, 5.74) is 2.37. The van der Waals surface area contributed by atoms with Gasteiger partial charge in [-0.25, -0.2) is 0 Å². The van der Waals surface area contributed by atoms with E-state index >= 15 is 0 Å². The van der Waals surface area contributed by atoms with Gasteiger partial charge in [-0.2, -0.15) is 0 Å². The Hall–Kier alpha value is -2.89. The molecule has 32 heavy (non-hydrogen) atoms. The molecule has 3 aromatic carbocycles. The van der Waals surface area contributed by atoms with E-state index in [1.165, 1.54) is 10.3 Å². The van der Waals surface area contributed by atoms with Crippen molar-refractivity contribution in [3.8, 4) is 17.0 Å². The first-order valence-corrected chi connectivity index (χ1v) is 11.8. The number of ether oxygens (including phenoxy) is 1. The van der Waals surface area contributed by atoms with Crippen LogP contribution in [0.3, 0.4) is 0 Å². The van der Waals surface area contributed by atoms with E-state index in [1.54, 1.807) is 49.9 Å². The second-order valence-electron chi connectivity index (χ2n) is 7.91. The molecule has 164 valence electrons. The Morgan fingerprint density at radius 2 is 1.69 bits per heavy atom. The van der Waals surface area contributed by atoms with Crippen molar-refractivity contribution in [2.24, 2.45) is 0 Å². The second-order valence-corrected chi connectivity index (χ2v) is 9.45. The van der Waals surface area contributed by atoms with E-state index < -0.39 is 5.60 Å². The zero-order valence-electron chi connectivity index (χ0n) is 18.0. The molecule has 0 fully saturated rings. The number of thioether (sulfide) groups is 1. The third-order valence-corrected chi connectivity index (χ3v) is 6.46. The number of carbonyl (C=O) groups excluding carboxylic acids is 1. The fourth-order valence-electron chi connectivity index (χ4n) is 3.45.